The third-order valence-corrected chi connectivity index (χ3v) is 7.32. The highest BCUT2D eigenvalue weighted by molar-refractivity contribution is 6.06. The zero-order chi connectivity index (χ0) is 25.5. The molecule has 0 saturated carbocycles. The fourth-order valence-electron chi connectivity index (χ4n) is 5.45. The molecule has 2 N–H and O–H groups in total. The Labute approximate surface area is 216 Å². The predicted octanol–water partition coefficient (Wildman–Crippen LogP) is 4.89. The molecule has 2 atom stereocenters. The Morgan fingerprint density at radius 3 is 2.22 bits per heavy atom. The van der Waals surface area contributed by atoms with Crippen LogP contribution in [0, 0.1) is 0 Å². The molecule has 2 unspecified atom stereocenters. The van der Waals surface area contributed by atoms with E-state index in [0.29, 0.717) is 5.56 Å². The van der Waals surface area contributed by atoms with Crippen molar-refractivity contribution in [2.75, 3.05) is 36.0 Å². The Kier molecular flexibility index (Phi) is 6.00. The van der Waals surface area contributed by atoms with Gasteiger partial charge in [0, 0.05) is 66.2 Å². The van der Waals surface area contributed by atoms with Crippen LogP contribution in [0.25, 0.3) is 33.2 Å². The fourth-order valence-corrected chi connectivity index (χ4v) is 5.45. The molecule has 2 saturated heterocycles. The van der Waals surface area contributed by atoms with Crippen LogP contribution in [0.1, 0.15) is 30.6 Å². The number of ether oxygens (including phenoxy) is 1. The number of carbonyl (C=O) groups is 1. The van der Waals surface area contributed by atoms with Crippen LogP contribution in [0.4, 0.5) is 11.5 Å². The number of aromatic nitrogens is 2. The van der Waals surface area contributed by atoms with Crippen molar-refractivity contribution in [3.63, 3.8) is 0 Å². The minimum absolute atomic E-state index is 0.189. The van der Waals surface area contributed by atoms with E-state index < -0.39 is 5.91 Å². The van der Waals surface area contributed by atoms with Gasteiger partial charge in [-0.2, -0.15) is 0 Å². The number of para-hydroxylation sites is 1. The van der Waals surface area contributed by atoms with Gasteiger partial charge in [0.05, 0.1) is 23.4 Å². The summed E-state index contributed by atoms with van der Waals surface area (Å²) in [5.41, 5.74) is 12.3. The number of morpholine rings is 1. The van der Waals surface area contributed by atoms with Crippen molar-refractivity contribution in [1.82, 2.24) is 9.97 Å². The van der Waals surface area contributed by atoms with Crippen molar-refractivity contribution < 1.29 is 9.53 Å². The molecule has 4 aromatic rings. The Morgan fingerprint density at radius 2 is 1.59 bits per heavy atom. The molecule has 2 fully saturated rings. The predicted molar refractivity (Wildman–Crippen MR) is 148 cm³/mol. The van der Waals surface area contributed by atoms with Gasteiger partial charge in [-0.15, -0.1) is 0 Å². The van der Waals surface area contributed by atoms with E-state index in [2.05, 4.69) is 54.0 Å². The number of hydrogen-bond acceptors (Lipinski definition) is 6. The number of hydrogen-bond donors (Lipinski definition) is 1. The molecule has 4 heterocycles. The van der Waals surface area contributed by atoms with Gasteiger partial charge in [-0.25, -0.2) is 4.98 Å². The van der Waals surface area contributed by atoms with Crippen molar-refractivity contribution in [1.29, 1.82) is 0 Å². The van der Waals surface area contributed by atoms with E-state index in [1.165, 1.54) is 12.1 Å². The highest BCUT2D eigenvalue weighted by Gasteiger charge is 2.25. The van der Waals surface area contributed by atoms with E-state index in [1.54, 1.807) is 12.1 Å². The van der Waals surface area contributed by atoms with Gasteiger partial charge in [0.2, 0.25) is 5.91 Å². The SMILES string of the molecule is CC1CN(c2ccc(-c3cnc4c(-c5ccc(C(N)=O)cc5)cccc4c3N3CCC3)cn2)CC(C)O1. The lowest BCUT2D eigenvalue weighted by molar-refractivity contribution is -0.00545. The summed E-state index contributed by atoms with van der Waals surface area (Å²) >= 11 is 0. The molecule has 0 spiro atoms. The maximum atomic E-state index is 11.5. The lowest BCUT2D eigenvalue weighted by Crippen LogP contribution is -2.45. The van der Waals surface area contributed by atoms with E-state index in [1.807, 2.05) is 24.5 Å². The lowest BCUT2D eigenvalue weighted by Gasteiger charge is -2.36. The summed E-state index contributed by atoms with van der Waals surface area (Å²) in [5.74, 6) is 0.552. The van der Waals surface area contributed by atoms with Crippen molar-refractivity contribution in [2.45, 2.75) is 32.5 Å². The number of carbonyl (C=O) groups excluding carboxylic acids is 1. The van der Waals surface area contributed by atoms with Crippen LogP contribution in [-0.2, 0) is 4.74 Å². The van der Waals surface area contributed by atoms with Gasteiger partial charge >= 0.3 is 0 Å². The molecule has 0 aliphatic carbocycles. The zero-order valence-corrected chi connectivity index (χ0v) is 21.2. The normalized spacial score (nSPS) is 19.6. The molecule has 37 heavy (non-hydrogen) atoms. The first-order valence-electron chi connectivity index (χ1n) is 12.9. The van der Waals surface area contributed by atoms with E-state index in [4.69, 9.17) is 20.4 Å². The van der Waals surface area contributed by atoms with Crippen molar-refractivity contribution >= 4 is 28.3 Å². The van der Waals surface area contributed by atoms with E-state index in [9.17, 15) is 4.79 Å². The number of anilines is 2. The first-order valence-corrected chi connectivity index (χ1v) is 12.9. The van der Waals surface area contributed by atoms with E-state index in [0.717, 1.165) is 65.2 Å². The van der Waals surface area contributed by atoms with Crippen LogP contribution in [0.5, 0.6) is 0 Å². The van der Waals surface area contributed by atoms with Gasteiger partial charge in [-0.05, 0) is 50.1 Å². The summed E-state index contributed by atoms with van der Waals surface area (Å²) in [6.45, 7) is 7.96. The van der Waals surface area contributed by atoms with Gasteiger partial charge in [-0.3, -0.25) is 9.78 Å². The van der Waals surface area contributed by atoms with Gasteiger partial charge in [0.25, 0.3) is 0 Å². The largest absolute Gasteiger partial charge is 0.372 e. The monoisotopic (exact) mass is 493 g/mol. The molecule has 188 valence electrons. The van der Waals surface area contributed by atoms with Gasteiger partial charge in [-0.1, -0.05) is 30.3 Å². The summed E-state index contributed by atoms with van der Waals surface area (Å²) < 4.78 is 5.89. The van der Waals surface area contributed by atoms with Gasteiger partial charge < -0.3 is 20.3 Å². The highest BCUT2D eigenvalue weighted by atomic mass is 16.5. The van der Waals surface area contributed by atoms with Crippen LogP contribution in [0.3, 0.4) is 0 Å². The van der Waals surface area contributed by atoms with E-state index in [-0.39, 0.29) is 12.2 Å². The van der Waals surface area contributed by atoms with Crippen LogP contribution in [0.2, 0.25) is 0 Å². The smallest absolute Gasteiger partial charge is 0.248 e. The summed E-state index contributed by atoms with van der Waals surface area (Å²) in [4.78, 5) is 26.0. The third-order valence-electron chi connectivity index (χ3n) is 7.32. The summed E-state index contributed by atoms with van der Waals surface area (Å²) in [6.07, 6.45) is 5.51. The standard InChI is InChI=1S/C30H31N5O2/c1-19-17-35(18-20(2)37-19)27-12-11-23(15-32-27)26-16-33-28-24(21-7-9-22(10-8-21)30(31)36)5-3-6-25(28)29(26)34-13-4-14-34/h3,5-12,15-16,19-20H,4,13-14,17-18H2,1-2H3,(H2,31,36). The molecule has 2 aromatic heterocycles. The molecule has 7 heteroatoms. The number of pyridine rings is 2. The summed E-state index contributed by atoms with van der Waals surface area (Å²) in [5, 5.41) is 1.12. The molecule has 2 aliphatic heterocycles. The second-order valence-electron chi connectivity index (χ2n) is 10.1. The third kappa shape index (κ3) is 4.40. The Morgan fingerprint density at radius 1 is 0.865 bits per heavy atom. The molecule has 0 radical (unpaired) electrons. The molecular weight excluding hydrogens is 462 g/mol. The van der Waals surface area contributed by atoms with Crippen LogP contribution >= 0.6 is 0 Å². The van der Waals surface area contributed by atoms with Crippen LogP contribution < -0.4 is 15.5 Å². The molecule has 2 aromatic carbocycles. The average molecular weight is 494 g/mol. The molecule has 7 nitrogen and oxygen atoms in total. The molecule has 6 rings (SSSR count). The van der Waals surface area contributed by atoms with Crippen molar-refractivity contribution in [3.05, 3.63) is 72.6 Å². The van der Waals surface area contributed by atoms with Crippen molar-refractivity contribution in [2.24, 2.45) is 5.73 Å². The maximum absolute atomic E-state index is 11.5. The number of benzene rings is 2. The molecule has 0 bridgehead atoms. The van der Waals surface area contributed by atoms with Gasteiger partial charge in [0.15, 0.2) is 0 Å². The van der Waals surface area contributed by atoms with Crippen LogP contribution in [0.15, 0.2) is 67.0 Å². The number of nitrogens with zero attached hydrogens (tertiary/aromatic N) is 4. The number of amides is 1. The van der Waals surface area contributed by atoms with Gasteiger partial charge in [0.1, 0.15) is 5.82 Å². The zero-order valence-electron chi connectivity index (χ0n) is 21.2. The first-order chi connectivity index (χ1) is 18.0. The van der Waals surface area contributed by atoms with Crippen LogP contribution in [-0.4, -0.2) is 54.3 Å². The second-order valence-corrected chi connectivity index (χ2v) is 10.1. The number of rotatable bonds is 5. The highest BCUT2D eigenvalue weighted by Crippen LogP contribution is 2.41. The quantitative estimate of drug-likeness (QED) is 0.426. The minimum atomic E-state index is -0.426. The first kappa shape index (κ1) is 23.4. The summed E-state index contributed by atoms with van der Waals surface area (Å²) in [6, 6.07) is 18.0. The fraction of sp³-hybridized carbons (Fsp3) is 0.300. The molecule has 1 amide bonds. The average Bonchev–Trinajstić information content (AvgIpc) is 2.87. The Bertz CT molecular complexity index is 1440. The van der Waals surface area contributed by atoms with E-state index >= 15 is 0 Å². The number of fused-ring (bicyclic) bond motifs is 1. The van der Waals surface area contributed by atoms with Crippen molar-refractivity contribution in [3.8, 4) is 22.3 Å². The Balaban J connectivity index is 1.41. The lowest BCUT2D eigenvalue weighted by atomic mass is 9.96. The number of primary amides is 1. The maximum Gasteiger partial charge on any atom is 0.248 e. The second kappa shape index (κ2) is 9.48. The summed E-state index contributed by atoms with van der Waals surface area (Å²) in [7, 11) is 0. The minimum Gasteiger partial charge on any atom is -0.372 e. The number of nitrogens with two attached hydrogens (primary N) is 1. The topological polar surface area (TPSA) is 84.6 Å². The molecule has 2 aliphatic rings. The Hall–Kier alpha value is -3.97. The molecular formula is C30H31N5O2.